The van der Waals surface area contributed by atoms with Crippen molar-refractivity contribution in [3.8, 4) is 0 Å². The van der Waals surface area contributed by atoms with Crippen LogP contribution in [0.1, 0.15) is 24.8 Å². The fraction of sp³-hybridized carbons (Fsp3) is 0.476. The lowest BCUT2D eigenvalue weighted by atomic mass is 10.2. The lowest BCUT2D eigenvalue weighted by molar-refractivity contribution is -0.131. The van der Waals surface area contributed by atoms with E-state index in [2.05, 4.69) is 19.8 Å². The van der Waals surface area contributed by atoms with Gasteiger partial charge in [0.15, 0.2) is 0 Å². The molecule has 148 valence electrons. The zero-order valence-electron chi connectivity index (χ0n) is 16.0. The summed E-state index contributed by atoms with van der Waals surface area (Å²) in [5.41, 5.74) is 1.09. The van der Waals surface area contributed by atoms with E-state index in [0.29, 0.717) is 25.6 Å². The maximum Gasteiger partial charge on any atom is 0.225 e. The second-order valence-electron chi connectivity index (χ2n) is 7.49. The number of carbonyl (C=O) groups excluding carboxylic acids is 1. The van der Waals surface area contributed by atoms with E-state index in [1.54, 1.807) is 18.5 Å². The Morgan fingerprint density at radius 3 is 2.39 bits per heavy atom. The van der Waals surface area contributed by atoms with Gasteiger partial charge in [-0.25, -0.2) is 14.4 Å². The van der Waals surface area contributed by atoms with Gasteiger partial charge < -0.3 is 9.80 Å². The van der Waals surface area contributed by atoms with Crippen molar-refractivity contribution in [2.45, 2.75) is 31.8 Å². The Morgan fingerprint density at radius 2 is 1.75 bits per heavy atom. The van der Waals surface area contributed by atoms with Crippen LogP contribution in [0.5, 0.6) is 0 Å². The Balaban J connectivity index is 1.25. The zero-order chi connectivity index (χ0) is 19.3. The number of hydrogen-bond donors (Lipinski definition) is 0. The molecular weight excluding hydrogens is 357 g/mol. The lowest BCUT2D eigenvalue weighted by Gasteiger charge is -2.35. The molecule has 2 fully saturated rings. The fourth-order valence-electron chi connectivity index (χ4n) is 3.66. The van der Waals surface area contributed by atoms with Crippen LogP contribution in [-0.4, -0.2) is 64.4 Å². The van der Waals surface area contributed by atoms with Crippen molar-refractivity contribution in [1.29, 1.82) is 0 Å². The average Bonchev–Trinajstić information content (AvgIpc) is 3.58. The standard InChI is InChI=1S/C21H26FN5O/c22-18-4-2-17(3-5-18)16-27(19-6-7-19)11-8-20(28)25-12-14-26(15-13-25)21-23-9-1-10-24-21/h1-5,9-10,19H,6-8,11-16H2. The molecule has 1 saturated heterocycles. The zero-order valence-corrected chi connectivity index (χ0v) is 16.0. The highest BCUT2D eigenvalue weighted by atomic mass is 19.1. The highest BCUT2D eigenvalue weighted by molar-refractivity contribution is 5.76. The molecule has 4 rings (SSSR count). The van der Waals surface area contributed by atoms with E-state index in [1.165, 1.54) is 25.0 Å². The third-order valence-electron chi connectivity index (χ3n) is 5.44. The summed E-state index contributed by atoms with van der Waals surface area (Å²) in [5.74, 6) is 0.726. The fourth-order valence-corrected chi connectivity index (χ4v) is 3.66. The van der Waals surface area contributed by atoms with Gasteiger partial charge in [-0.15, -0.1) is 0 Å². The van der Waals surface area contributed by atoms with Gasteiger partial charge >= 0.3 is 0 Å². The number of aromatic nitrogens is 2. The molecule has 1 amide bonds. The number of nitrogens with zero attached hydrogens (tertiary/aromatic N) is 5. The van der Waals surface area contributed by atoms with Gasteiger partial charge in [0.05, 0.1) is 0 Å². The second kappa shape index (κ2) is 8.65. The van der Waals surface area contributed by atoms with Crippen LogP contribution in [0.3, 0.4) is 0 Å². The molecule has 2 heterocycles. The Labute approximate surface area is 165 Å². The summed E-state index contributed by atoms with van der Waals surface area (Å²) < 4.78 is 13.1. The first-order chi connectivity index (χ1) is 13.7. The predicted octanol–water partition coefficient (Wildman–Crippen LogP) is 2.32. The van der Waals surface area contributed by atoms with Gasteiger partial charge in [0.25, 0.3) is 0 Å². The van der Waals surface area contributed by atoms with Gasteiger partial charge in [-0.05, 0) is 36.6 Å². The minimum Gasteiger partial charge on any atom is -0.339 e. The largest absolute Gasteiger partial charge is 0.339 e. The van der Waals surface area contributed by atoms with Gasteiger partial charge in [-0.1, -0.05) is 12.1 Å². The molecule has 0 unspecified atom stereocenters. The molecule has 0 atom stereocenters. The SMILES string of the molecule is O=C(CCN(Cc1ccc(F)cc1)C1CC1)N1CCN(c2ncccn2)CC1. The summed E-state index contributed by atoms with van der Waals surface area (Å²) in [6.07, 6.45) is 6.39. The Hall–Kier alpha value is -2.54. The summed E-state index contributed by atoms with van der Waals surface area (Å²) >= 11 is 0. The quantitative estimate of drug-likeness (QED) is 0.735. The van der Waals surface area contributed by atoms with Gasteiger partial charge in [0.2, 0.25) is 11.9 Å². The van der Waals surface area contributed by atoms with Gasteiger partial charge in [0.1, 0.15) is 5.82 Å². The van der Waals surface area contributed by atoms with Crippen molar-refractivity contribution in [1.82, 2.24) is 19.8 Å². The molecule has 0 bridgehead atoms. The van der Waals surface area contributed by atoms with Crippen LogP contribution in [0, 0.1) is 5.82 Å². The highest BCUT2D eigenvalue weighted by Crippen LogP contribution is 2.28. The van der Waals surface area contributed by atoms with Crippen molar-refractivity contribution >= 4 is 11.9 Å². The molecule has 1 aromatic heterocycles. The molecule has 0 spiro atoms. The summed E-state index contributed by atoms with van der Waals surface area (Å²) in [5, 5.41) is 0. The number of hydrogen-bond acceptors (Lipinski definition) is 5. The van der Waals surface area contributed by atoms with Crippen LogP contribution < -0.4 is 4.90 Å². The number of rotatable bonds is 7. The maximum atomic E-state index is 13.1. The smallest absolute Gasteiger partial charge is 0.225 e. The molecule has 1 aliphatic carbocycles. The van der Waals surface area contributed by atoms with E-state index >= 15 is 0 Å². The summed E-state index contributed by atoms with van der Waals surface area (Å²) in [4.78, 5) is 27.7. The Kier molecular flexibility index (Phi) is 5.81. The maximum absolute atomic E-state index is 13.1. The molecule has 2 aliphatic rings. The van der Waals surface area contributed by atoms with Crippen molar-refractivity contribution in [3.63, 3.8) is 0 Å². The van der Waals surface area contributed by atoms with Crippen LogP contribution in [0.25, 0.3) is 0 Å². The van der Waals surface area contributed by atoms with E-state index in [4.69, 9.17) is 0 Å². The van der Waals surface area contributed by atoms with Crippen LogP contribution in [0.2, 0.25) is 0 Å². The number of piperazine rings is 1. The summed E-state index contributed by atoms with van der Waals surface area (Å²) in [6.45, 7) is 4.46. The molecular formula is C21H26FN5O. The first-order valence-electron chi connectivity index (χ1n) is 9.97. The molecule has 1 saturated carbocycles. The van der Waals surface area contributed by atoms with Crippen LogP contribution in [-0.2, 0) is 11.3 Å². The van der Waals surface area contributed by atoms with Crippen LogP contribution >= 0.6 is 0 Å². The molecule has 6 nitrogen and oxygen atoms in total. The minimum absolute atomic E-state index is 0.207. The minimum atomic E-state index is -0.211. The molecule has 7 heteroatoms. The van der Waals surface area contributed by atoms with E-state index in [-0.39, 0.29) is 11.7 Å². The number of halogens is 1. The molecule has 0 radical (unpaired) electrons. The topological polar surface area (TPSA) is 52.6 Å². The van der Waals surface area contributed by atoms with Crippen LogP contribution in [0.4, 0.5) is 10.3 Å². The molecule has 28 heavy (non-hydrogen) atoms. The van der Waals surface area contributed by atoms with E-state index in [9.17, 15) is 9.18 Å². The summed E-state index contributed by atoms with van der Waals surface area (Å²) in [7, 11) is 0. The monoisotopic (exact) mass is 383 g/mol. The van der Waals surface area contributed by atoms with Crippen LogP contribution in [0.15, 0.2) is 42.7 Å². The third kappa shape index (κ3) is 4.84. The number of benzene rings is 1. The Morgan fingerprint density at radius 1 is 1.07 bits per heavy atom. The third-order valence-corrected chi connectivity index (χ3v) is 5.44. The number of amides is 1. The second-order valence-corrected chi connectivity index (χ2v) is 7.49. The molecule has 1 aliphatic heterocycles. The van der Waals surface area contributed by atoms with Crippen molar-refractivity contribution in [2.24, 2.45) is 0 Å². The summed E-state index contributed by atoms with van der Waals surface area (Å²) in [6, 6.07) is 9.03. The molecule has 0 N–H and O–H groups in total. The van der Waals surface area contributed by atoms with E-state index in [0.717, 1.165) is 37.7 Å². The van der Waals surface area contributed by atoms with Gasteiger partial charge in [-0.3, -0.25) is 9.69 Å². The first-order valence-corrected chi connectivity index (χ1v) is 9.97. The molecule has 1 aromatic carbocycles. The van der Waals surface area contributed by atoms with E-state index in [1.807, 2.05) is 17.0 Å². The lowest BCUT2D eigenvalue weighted by Crippen LogP contribution is -2.49. The van der Waals surface area contributed by atoms with Crippen molar-refractivity contribution in [3.05, 3.63) is 54.1 Å². The highest BCUT2D eigenvalue weighted by Gasteiger charge is 2.30. The van der Waals surface area contributed by atoms with Gasteiger partial charge in [0, 0.05) is 64.1 Å². The van der Waals surface area contributed by atoms with Crippen molar-refractivity contribution < 1.29 is 9.18 Å². The predicted molar refractivity (Wildman–Crippen MR) is 105 cm³/mol. The number of carbonyl (C=O) groups is 1. The Bertz CT molecular complexity index is 773. The van der Waals surface area contributed by atoms with E-state index < -0.39 is 0 Å². The average molecular weight is 383 g/mol. The molecule has 2 aromatic rings. The normalized spacial score (nSPS) is 17.2. The van der Waals surface area contributed by atoms with Crippen molar-refractivity contribution in [2.75, 3.05) is 37.6 Å². The van der Waals surface area contributed by atoms with Gasteiger partial charge in [-0.2, -0.15) is 0 Å². The first kappa shape index (κ1) is 18.8. The number of anilines is 1.